The highest BCUT2D eigenvalue weighted by Crippen LogP contribution is 2.26. The number of carbonyl (C=O) groups is 1. The number of para-hydroxylation sites is 2. The number of esters is 1. The Bertz CT molecular complexity index is 586. The van der Waals surface area contributed by atoms with Crippen LogP contribution in [0.1, 0.15) is 19.8 Å². The second-order valence-corrected chi connectivity index (χ2v) is 6.02. The SMILES string of the molecule is CCOC(=O)C1CCN(C[C@@H](O)COc2ccccc2[N+](=O)[O-])CC1. The molecule has 25 heavy (non-hydrogen) atoms. The summed E-state index contributed by atoms with van der Waals surface area (Å²) in [5, 5.41) is 21.1. The van der Waals surface area contributed by atoms with Crippen LogP contribution in [0.4, 0.5) is 5.69 Å². The standard InChI is InChI=1S/C17H24N2O6/c1-2-24-17(21)13-7-9-18(10-8-13)11-14(20)12-25-16-6-4-3-5-15(16)19(22)23/h3-6,13-14,20H,2,7-12H2,1H3/t14-/m1/s1. The molecule has 1 aromatic rings. The van der Waals surface area contributed by atoms with Gasteiger partial charge in [-0.2, -0.15) is 0 Å². The normalized spacial score (nSPS) is 17.0. The molecule has 8 heteroatoms. The van der Waals surface area contributed by atoms with Gasteiger partial charge in [0.15, 0.2) is 5.75 Å². The molecule has 0 unspecified atom stereocenters. The average Bonchev–Trinajstić information content (AvgIpc) is 2.61. The molecule has 138 valence electrons. The van der Waals surface area contributed by atoms with Crippen molar-refractivity contribution in [2.45, 2.75) is 25.9 Å². The number of hydrogen-bond acceptors (Lipinski definition) is 7. The summed E-state index contributed by atoms with van der Waals surface area (Å²) in [5.74, 6) is -0.0773. The maximum atomic E-state index is 11.7. The summed E-state index contributed by atoms with van der Waals surface area (Å²) in [6.45, 7) is 3.96. The Morgan fingerprint density at radius 1 is 1.40 bits per heavy atom. The molecule has 1 fully saturated rings. The predicted molar refractivity (Wildman–Crippen MR) is 90.4 cm³/mol. The second kappa shape index (κ2) is 9.33. The molecule has 0 amide bonds. The first-order valence-corrected chi connectivity index (χ1v) is 8.44. The molecule has 1 atom stereocenters. The highest BCUT2D eigenvalue weighted by molar-refractivity contribution is 5.72. The maximum Gasteiger partial charge on any atom is 0.310 e. The van der Waals surface area contributed by atoms with E-state index in [2.05, 4.69) is 4.90 Å². The molecule has 0 saturated carbocycles. The second-order valence-electron chi connectivity index (χ2n) is 6.02. The van der Waals surface area contributed by atoms with Crippen molar-refractivity contribution in [3.63, 3.8) is 0 Å². The molecule has 1 aliphatic rings. The lowest BCUT2D eigenvalue weighted by Crippen LogP contribution is -2.42. The molecule has 1 N–H and O–H groups in total. The number of rotatable bonds is 8. The lowest BCUT2D eigenvalue weighted by atomic mass is 9.97. The summed E-state index contributed by atoms with van der Waals surface area (Å²) in [4.78, 5) is 24.2. The van der Waals surface area contributed by atoms with Crippen LogP contribution in [-0.4, -0.2) is 59.9 Å². The molecule has 0 radical (unpaired) electrons. The van der Waals surface area contributed by atoms with Crippen LogP contribution in [-0.2, 0) is 9.53 Å². The third-order valence-corrected chi connectivity index (χ3v) is 4.17. The van der Waals surface area contributed by atoms with Gasteiger partial charge in [-0.05, 0) is 38.9 Å². The lowest BCUT2D eigenvalue weighted by Gasteiger charge is -2.32. The van der Waals surface area contributed by atoms with Crippen LogP contribution in [0.25, 0.3) is 0 Å². The van der Waals surface area contributed by atoms with E-state index in [1.54, 1.807) is 19.1 Å². The number of hydrogen-bond donors (Lipinski definition) is 1. The van der Waals surface area contributed by atoms with Crippen molar-refractivity contribution in [3.05, 3.63) is 34.4 Å². The van der Waals surface area contributed by atoms with Gasteiger partial charge in [0, 0.05) is 12.6 Å². The Balaban J connectivity index is 1.76. The molecule has 0 bridgehead atoms. The van der Waals surface area contributed by atoms with Crippen LogP contribution in [0.15, 0.2) is 24.3 Å². The number of β-amino-alcohol motifs (C(OH)–C–C–N with tert-alkyl or cyclic N) is 1. The molecular formula is C17H24N2O6. The largest absolute Gasteiger partial charge is 0.484 e. The number of ether oxygens (including phenoxy) is 2. The number of nitro groups is 1. The number of nitro benzene ring substituents is 1. The minimum Gasteiger partial charge on any atom is -0.484 e. The summed E-state index contributed by atoms with van der Waals surface area (Å²) in [5.41, 5.74) is -0.120. The van der Waals surface area contributed by atoms with E-state index in [-0.39, 0.29) is 29.9 Å². The molecule has 1 aliphatic heterocycles. The van der Waals surface area contributed by atoms with E-state index in [0.717, 1.165) is 0 Å². The van der Waals surface area contributed by atoms with Gasteiger partial charge >= 0.3 is 11.7 Å². The fraction of sp³-hybridized carbons (Fsp3) is 0.588. The van der Waals surface area contributed by atoms with Crippen molar-refractivity contribution >= 4 is 11.7 Å². The van der Waals surface area contributed by atoms with Crippen LogP contribution >= 0.6 is 0 Å². The molecule has 1 aromatic carbocycles. The summed E-state index contributed by atoms with van der Waals surface area (Å²) in [7, 11) is 0. The Hall–Kier alpha value is -2.19. The zero-order valence-corrected chi connectivity index (χ0v) is 14.3. The van der Waals surface area contributed by atoms with E-state index in [1.165, 1.54) is 12.1 Å². The van der Waals surface area contributed by atoms with Crippen LogP contribution < -0.4 is 4.74 Å². The Morgan fingerprint density at radius 2 is 2.08 bits per heavy atom. The van der Waals surface area contributed by atoms with Gasteiger partial charge in [0.05, 0.1) is 17.4 Å². The Labute approximate surface area is 146 Å². The monoisotopic (exact) mass is 352 g/mol. The fourth-order valence-electron chi connectivity index (χ4n) is 2.88. The topological polar surface area (TPSA) is 102 Å². The molecular weight excluding hydrogens is 328 g/mol. The first-order chi connectivity index (χ1) is 12.0. The summed E-state index contributed by atoms with van der Waals surface area (Å²) in [6, 6.07) is 6.08. The van der Waals surface area contributed by atoms with Crippen molar-refractivity contribution in [1.29, 1.82) is 0 Å². The van der Waals surface area contributed by atoms with E-state index < -0.39 is 11.0 Å². The molecule has 0 spiro atoms. The zero-order valence-electron chi connectivity index (χ0n) is 14.3. The van der Waals surface area contributed by atoms with E-state index in [1.807, 2.05) is 0 Å². The molecule has 0 aromatic heterocycles. The number of nitrogens with zero attached hydrogens (tertiary/aromatic N) is 2. The van der Waals surface area contributed by atoms with Crippen LogP contribution in [0, 0.1) is 16.0 Å². The van der Waals surface area contributed by atoms with E-state index >= 15 is 0 Å². The predicted octanol–water partition coefficient (Wildman–Crippen LogP) is 1.61. The molecule has 2 rings (SSSR count). The maximum absolute atomic E-state index is 11.7. The summed E-state index contributed by atoms with van der Waals surface area (Å²) < 4.78 is 10.4. The van der Waals surface area contributed by atoms with Gasteiger partial charge in [0.25, 0.3) is 0 Å². The lowest BCUT2D eigenvalue weighted by molar-refractivity contribution is -0.385. The van der Waals surface area contributed by atoms with Crippen LogP contribution in [0.2, 0.25) is 0 Å². The van der Waals surface area contributed by atoms with Crippen molar-refractivity contribution < 1.29 is 24.3 Å². The number of piperidine rings is 1. The fourth-order valence-corrected chi connectivity index (χ4v) is 2.88. The molecule has 1 heterocycles. The first kappa shape index (κ1) is 19.1. The minimum atomic E-state index is -0.765. The molecule has 0 aliphatic carbocycles. The van der Waals surface area contributed by atoms with Crippen LogP contribution in [0.5, 0.6) is 5.75 Å². The quantitative estimate of drug-likeness (QED) is 0.431. The number of likely N-dealkylation sites (tertiary alicyclic amines) is 1. The van der Waals surface area contributed by atoms with E-state index in [9.17, 15) is 20.0 Å². The highest BCUT2D eigenvalue weighted by Gasteiger charge is 2.27. The average molecular weight is 352 g/mol. The van der Waals surface area contributed by atoms with Crippen molar-refractivity contribution in [2.24, 2.45) is 5.92 Å². The van der Waals surface area contributed by atoms with E-state index in [0.29, 0.717) is 39.1 Å². The van der Waals surface area contributed by atoms with Gasteiger partial charge in [-0.25, -0.2) is 0 Å². The van der Waals surface area contributed by atoms with Gasteiger partial charge in [-0.1, -0.05) is 12.1 Å². The summed E-state index contributed by atoms with van der Waals surface area (Å²) >= 11 is 0. The van der Waals surface area contributed by atoms with Gasteiger partial charge < -0.3 is 19.5 Å². The minimum absolute atomic E-state index is 0.0251. The highest BCUT2D eigenvalue weighted by atomic mass is 16.6. The van der Waals surface area contributed by atoms with Gasteiger partial charge in [0.2, 0.25) is 0 Å². The Morgan fingerprint density at radius 3 is 2.72 bits per heavy atom. The molecule has 1 saturated heterocycles. The molecule has 8 nitrogen and oxygen atoms in total. The first-order valence-electron chi connectivity index (χ1n) is 8.44. The van der Waals surface area contributed by atoms with Gasteiger partial charge in [-0.3, -0.25) is 14.9 Å². The van der Waals surface area contributed by atoms with E-state index in [4.69, 9.17) is 9.47 Å². The number of aliphatic hydroxyl groups is 1. The van der Waals surface area contributed by atoms with Crippen LogP contribution in [0.3, 0.4) is 0 Å². The third kappa shape index (κ3) is 5.68. The van der Waals surface area contributed by atoms with Crippen molar-refractivity contribution in [1.82, 2.24) is 4.90 Å². The summed E-state index contributed by atoms with van der Waals surface area (Å²) in [6.07, 6.45) is 0.645. The van der Waals surface area contributed by atoms with Crippen molar-refractivity contribution in [2.75, 3.05) is 32.8 Å². The number of aliphatic hydroxyl groups excluding tert-OH is 1. The number of benzene rings is 1. The Kier molecular flexibility index (Phi) is 7.15. The smallest absolute Gasteiger partial charge is 0.310 e. The number of carbonyl (C=O) groups excluding carboxylic acids is 1. The van der Waals surface area contributed by atoms with Gasteiger partial charge in [0.1, 0.15) is 12.7 Å². The zero-order chi connectivity index (χ0) is 18.2. The third-order valence-electron chi connectivity index (χ3n) is 4.17. The van der Waals surface area contributed by atoms with Gasteiger partial charge in [-0.15, -0.1) is 0 Å². The van der Waals surface area contributed by atoms with Crippen molar-refractivity contribution in [3.8, 4) is 5.75 Å².